The van der Waals surface area contributed by atoms with Gasteiger partial charge in [0.15, 0.2) is 11.5 Å². The lowest BCUT2D eigenvalue weighted by atomic mass is 9.70. The Balaban J connectivity index is 1.91. The lowest BCUT2D eigenvalue weighted by molar-refractivity contribution is -0.150. The van der Waals surface area contributed by atoms with Crippen LogP contribution in [0.3, 0.4) is 0 Å². The fourth-order valence-corrected chi connectivity index (χ4v) is 4.81. The van der Waals surface area contributed by atoms with Gasteiger partial charge in [-0.05, 0) is 36.5 Å². The molecule has 4 rings (SSSR count). The molecule has 0 unspecified atom stereocenters. The molecule has 0 saturated carbocycles. The molecule has 170 valence electrons. The van der Waals surface area contributed by atoms with Gasteiger partial charge in [-0.25, -0.2) is 9.79 Å². The number of ether oxygens (including phenoxy) is 5. The number of cyclic esters (lactones) is 1. The second kappa shape index (κ2) is 7.81. The minimum atomic E-state index is -1.34. The number of methoxy groups -OCH3 is 3. The van der Waals surface area contributed by atoms with Crippen LogP contribution >= 0.6 is 0 Å². The molecule has 7 nitrogen and oxygen atoms in total. The van der Waals surface area contributed by atoms with E-state index in [0.29, 0.717) is 35.8 Å². The average molecular weight is 440 g/mol. The zero-order valence-corrected chi connectivity index (χ0v) is 19.4. The van der Waals surface area contributed by atoms with E-state index in [0.717, 1.165) is 5.56 Å². The molecule has 2 aromatic rings. The number of carbonyl (C=O) groups is 1. The summed E-state index contributed by atoms with van der Waals surface area (Å²) in [5, 5.41) is 0. The Morgan fingerprint density at radius 1 is 0.938 bits per heavy atom. The monoisotopic (exact) mass is 439 g/mol. The van der Waals surface area contributed by atoms with E-state index >= 15 is 0 Å². The summed E-state index contributed by atoms with van der Waals surface area (Å²) < 4.78 is 28.5. The SMILES string of the molecule is COc1cc(C2=N[C@](c3ccccc3)([C@@]3(C)CC(C)(C)CO3)C(=O)O2)cc(OC)c1OC. The molecule has 2 atom stereocenters. The maximum Gasteiger partial charge on any atom is 0.348 e. The molecule has 2 heterocycles. The Bertz CT molecular complexity index is 1040. The molecule has 0 aliphatic carbocycles. The van der Waals surface area contributed by atoms with Crippen molar-refractivity contribution in [1.29, 1.82) is 0 Å². The summed E-state index contributed by atoms with van der Waals surface area (Å²) in [6, 6.07) is 12.9. The van der Waals surface area contributed by atoms with E-state index in [4.69, 9.17) is 28.7 Å². The highest BCUT2D eigenvalue weighted by molar-refractivity contribution is 6.09. The van der Waals surface area contributed by atoms with E-state index in [1.54, 1.807) is 12.1 Å². The summed E-state index contributed by atoms with van der Waals surface area (Å²) in [6.07, 6.45) is 0.649. The number of carbonyl (C=O) groups excluding carboxylic acids is 1. The van der Waals surface area contributed by atoms with Crippen molar-refractivity contribution in [3.63, 3.8) is 0 Å². The summed E-state index contributed by atoms with van der Waals surface area (Å²) in [5.74, 6) is 1.07. The van der Waals surface area contributed by atoms with Crippen molar-refractivity contribution in [3.8, 4) is 17.2 Å². The van der Waals surface area contributed by atoms with Gasteiger partial charge in [0, 0.05) is 5.56 Å². The van der Waals surface area contributed by atoms with Gasteiger partial charge in [-0.1, -0.05) is 44.2 Å². The van der Waals surface area contributed by atoms with Crippen LogP contribution in [0, 0.1) is 5.41 Å². The van der Waals surface area contributed by atoms with Crippen LogP contribution in [0.25, 0.3) is 0 Å². The minimum Gasteiger partial charge on any atom is -0.493 e. The summed E-state index contributed by atoms with van der Waals surface area (Å²) in [7, 11) is 4.61. The van der Waals surface area contributed by atoms with Gasteiger partial charge in [0.25, 0.3) is 0 Å². The zero-order chi connectivity index (χ0) is 23.1. The van der Waals surface area contributed by atoms with E-state index < -0.39 is 17.1 Å². The van der Waals surface area contributed by atoms with E-state index in [1.165, 1.54) is 21.3 Å². The van der Waals surface area contributed by atoms with E-state index in [1.807, 2.05) is 37.3 Å². The van der Waals surface area contributed by atoms with Crippen LogP contribution in [0.15, 0.2) is 47.5 Å². The number of benzene rings is 2. The largest absolute Gasteiger partial charge is 0.493 e. The van der Waals surface area contributed by atoms with Crippen LogP contribution < -0.4 is 14.2 Å². The Labute approximate surface area is 188 Å². The van der Waals surface area contributed by atoms with Crippen LogP contribution in [0.4, 0.5) is 0 Å². The molecule has 7 heteroatoms. The number of rotatable bonds is 6. The van der Waals surface area contributed by atoms with Crippen LogP contribution in [-0.4, -0.2) is 45.4 Å². The third-order valence-electron chi connectivity index (χ3n) is 6.22. The predicted octanol–water partition coefficient (Wildman–Crippen LogP) is 4.12. The molecular formula is C25H29NO6. The highest BCUT2D eigenvalue weighted by atomic mass is 16.6. The molecule has 0 radical (unpaired) electrons. The lowest BCUT2D eigenvalue weighted by Gasteiger charge is -2.38. The molecule has 1 fully saturated rings. The van der Waals surface area contributed by atoms with Crippen molar-refractivity contribution in [3.05, 3.63) is 53.6 Å². The van der Waals surface area contributed by atoms with Crippen molar-refractivity contribution in [2.24, 2.45) is 10.4 Å². The molecule has 0 aromatic heterocycles. The second-order valence-electron chi connectivity index (χ2n) is 9.16. The Morgan fingerprint density at radius 2 is 1.56 bits per heavy atom. The van der Waals surface area contributed by atoms with Gasteiger partial charge in [-0.2, -0.15) is 0 Å². The van der Waals surface area contributed by atoms with Gasteiger partial charge in [0.05, 0.1) is 27.9 Å². The summed E-state index contributed by atoms with van der Waals surface area (Å²) in [4.78, 5) is 18.5. The first-order valence-electron chi connectivity index (χ1n) is 10.5. The zero-order valence-electron chi connectivity index (χ0n) is 19.4. The molecule has 0 N–H and O–H groups in total. The molecular weight excluding hydrogens is 410 g/mol. The van der Waals surface area contributed by atoms with Crippen molar-refractivity contribution < 1.29 is 28.5 Å². The van der Waals surface area contributed by atoms with Gasteiger partial charge >= 0.3 is 5.97 Å². The average Bonchev–Trinajstić information content (AvgIpc) is 3.30. The Kier molecular flexibility index (Phi) is 5.41. The Morgan fingerprint density at radius 3 is 2.06 bits per heavy atom. The first kappa shape index (κ1) is 22.1. The fraction of sp³-hybridized carbons (Fsp3) is 0.440. The lowest BCUT2D eigenvalue weighted by Crippen LogP contribution is -2.52. The molecule has 0 spiro atoms. The van der Waals surface area contributed by atoms with Gasteiger partial charge in [0.2, 0.25) is 17.2 Å². The van der Waals surface area contributed by atoms with Crippen LogP contribution in [-0.2, 0) is 19.8 Å². The quantitative estimate of drug-likeness (QED) is 0.631. The maximum atomic E-state index is 13.6. The highest BCUT2D eigenvalue weighted by Crippen LogP contribution is 2.53. The second-order valence-corrected chi connectivity index (χ2v) is 9.16. The maximum absolute atomic E-state index is 13.6. The normalized spacial score (nSPS) is 26.4. The number of aliphatic imine (C=N–C) groups is 1. The third-order valence-corrected chi connectivity index (χ3v) is 6.22. The topological polar surface area (TPSA) is 75.6 Å². The third kappa shape index (κ3) is 3.32. The molecule has 2 aromatic carbocycles. The van der Waals surface area contributed by atoms with Crippen molar-refractivity contribution >= 4 is 11.9 Å². The molecule has 2 aliphatic rings. The Hall–Kier alpha value is -3.06. The summed E-state index contributed by atoms with van der Waals surface area (Å²) >= 11 is 0. The van der Waals surface area contributed by atoms with Crippen molar-refractivity contribution in [2.45, 2.75) is 38.3 Å². The number of hydrogen-bond donors (Lipinski definition) is 0. The first-order chi connectivity index (χ1) is 15.2. The summed E-state index contributed by atoms with van der Waals surface area (Å²) in [5.41, 5.74) is -1.03. The summed E-state index contributed by atoms with van der Waals surface area (Å²) in [6.45, 7) is 6.72. The molecule has 0 bridgehead atoms. The highest BCUT2D eigenvalue weighted by Gasteiger charge is 2.64. The smallest absolute Gasteiger partial charge is 0.348 e. The fourth-order valence-electron chi connectivity index (χ4n) is 4.81. The standard InChI is InChI=1S/C25H29NO6/c1-23(2)14-24(3,31-15-23)25(17-10-8-7-9-11-17)22(27)32-21(26-25)16-12-18(28-4)20(30-6)19(13-16)29-5/h7-13H,14-15H2,1-6H3/t24-,25+/m1/s1. The molecule has 32 heavy (non-hydrogen) atoms. The predicted molar refractivity (Wildman–Crippen MR) is 120 cm³/mol. The first-order valence-corrected chi connectivity index (χ1v) is 10.5. The van der Waals surface area contributed by atoms with Gasteiger partial charge < -0.3 is 23.7 Å². The molecule has 0 amide bonds. The van der Waals surface area contributed by atoms with Crippen LogP contribution in [0.1, 0.15) is 38.3 Å². The number of esters is 1. The van der Waals surface area contributed by atoms with Crippen LogP contribution in [0.2, 0.25) is 0 Å². The minimum absolute atomic E-state index is 0.0956. The number of hydrogen-bond acceptors (Lipinski definition) is 7. The number of nitrogens with zero attached hydrogens (tertiary/aromatic N) is 1. The van der Waals surface area contributed by atoms with E-state index in [9.17, 15) is 4.79 Å². The van der Waals surface area contributed by atoms with Crippen molar-refractivity contribution in [1.82, 2.24) is 0 Å². The molecule has 1 saturated heterocycles. The molecule has 2 aliphatic heterocycles. The van der Waals surface area contributed by atoms with Gasteiger partial charge in [0.1, 0.15) is 5.60 Å². The van der Waals surface area contributed by atoms with Crippen LogP contribution in [0.5, 0.6) is 17.2 Å². The van der Waals surface area contributed by atoms with E-state index in [2.05, 4.69) is 13.8 Å². The van der Waals surface area contributed by atoms with Gasteiger partial charge in [-0.15, -0.1) is 0 Å². The van der Waals surface area contributed by atoms with Crippen molar-refractivity contribution in [2.75, 3.05) is 27.9 Å². The van der Waals surface area contributed by atoms with E-state index in [-0.39, 0.29) is 11.3 Å². The van der Waals surface area contributed by atoms with Gasteiger partial charge in [-0.3, -0.25) is 0 Å².